The van der Waals surface area contributed by atoms with E-state index in [0.717, 1.165) is 40.5 Å². The summed E-state index contributed by atoms with van der Waals surface area (Å²) in [5.41, 5.74) is 7.47. The summed E-state index contributed by atoms with van der Waals surface area (Å²) in [4.78, 5) is 37.9. The van der Waals surface area contributed by atoms with E-state index in [9.17, 15) is 14.4 Å². The van der Waals surface area contributed by atoms with Crippen LogP contribution >= 0.6 is 11.3 Å². The highest BCUT2D eigenvalue weighted by Crippen LogP contribution is 2.26. The minimum atomic E-state index is -0.862. The maximum absolute atomic E-state index is 13.2. The van der Waals surface area contributed by atoms with Crippen LogP contribution in [0.1, 0.15) is 43.7 Å². The van der Waals surface area contributed by atoms with E-state index in [1.54, 1.807) is 11.3 Å². The van der Waals surface area contributed by atoms with E-state index >= 15 is 0 Å². The normalized spacial score (nSPS) is 12.8. The van der Waals surface area contributed by atoms with Crippen molar-refractivity contribution in [2.24, 2.45) is 5.73 Å². The van der Waals surface area contributed by atoms with Gasteiger partial charge in [0.2, 0.25) is 17.7 Å². The van der Waals surface area contributed by atoms with Crippen LogP contribution in [0.3, 0.4) is 0 Å². The fourth-order valence-corrected chi connectivity index (χ4v) is 4.74. The molecule has 0 unspecified atom stereocenters. The first-order valence-corrected chi connectivity index (χ1v) is 12.2. The zero-order valence-electron chi connectivity index (χ0n) is 18.9. The van der Waals surface area contributed by atoms with Gasteiger partial charge >= 0.3 is 0 Å². The number of hydrogen-bond acceptors (Lipinski definition) is 4. The van der Waals surface area contributed by atoms with Gasteiger partial charge < -0.3 is 16.4 Å². The number of nitrogens with one attached hydrogen (secondary N) is 2. The van der Waals surface area contributed by atoms with E-state index in [0.29, 0.717) is 19.3 Å². The quantitative estimate of drug-likeness (QED) is 0.355. The second-order valence-electron chi connectivity index (χ2n) is 8.19. The standard InChI is InChI=1S/C26H31N3O3S/c1-2-3-5-14-24(30)28-22(16-19-17-33-23-13-9-8-12-20(19)23)26(32)29-21(25(27)31)15-18-10-6-4-7-11-18/h4,6-13,17,21-22H,2-3,5,14-16H2,1H3,(H2,27,31)(H,28,30)(H,29,32)/t21-,22+/m1/s1. The van der Waals surface area contributed by atoms with Gasteiger partial charge in [-0.15, -0.1) is 11.3 Å². The van der Waals surface area contributed by atoms with Crippen LogP contribution in [0.15, 0.2) is 60.0 Å². The van der Waals surface area contributed by atoms with Gasteiger partial charge in [-0.3, -0.25) is 14.4 Å². The molecule has 174 valence electrons. The molecule has 6 nitrogen and oxygen atoms in total. The summed E-state index contributed by atoms with van der Waals surface area (Å²) in [5, 5.41) is 8.75. The molecule has 0 radical (unpaired) electrons. The third-order valence-corrected chi connectivity index (χ3v) is 6.60. The molecule has 1 aromatic heterocycles. The van der Waals surface area contributed by atoms with Crippen LogP contribution in [0.25, 0.3) is 10.1 Å². The van der Waals surface area contributed by atoms with Crippen molar-refractivity contribution >= 4 is 39.1 Å². The Morgan fingerprint density at radius 2 is 1.64 bits per heavy atom. The summed E-state index contributed by atoms with van der Waals surface area (Å²) in [5.74, 6) is -1.18. The Hall–Kier alpha value is -3.19. The van der Waals surface area contributed by atoms with Crippen LogP contribution in [-0.2, 0) is 27.2 Å². The zero-order valence-corrected chi connectivity index (χ0v) is 19.7. The first kappa shape index (κ1) is 24.5. The Bertz CT molecular complexity index is 1080. The van der Waals surface area contributed by atoms with Gasteiger partial charge in [-0.25, -0.2) is 0 Å². The second kappa shape index (κ2) is 12.2. The van der Waals surface area contributed by atoms with Crippen LogP contribution < -0.4 is 16.4 Å². The third kappa shape index (κ3) is 7.15. The largest absolute Gasteiger partial charge is 0.368 e. The molecular formula is C26H31N3O3S. The first-order chi connectivity index (χ1) is 16.0. The molecule has 3 aromatic rings. The lowest BCUT2D eigenvalue weighted by Crippen LogP contribution is -2.54. The van der Waals surface area contributed by atoms with E-state index in [1.807, 2.05) is 60.0 Å². The van der Waals surface area contributed by atoms with Crippen LogP contribution in [-0.4, -0.2) is 29.8 Å². The number of amides is 3. The number of primary amides is 1. The van der Waals surface area contributed by atoms with Crippen LogP contribution in [0.5, 0.6) is 0 Å². The van der Waals surface area contributed by atoms with E-state index < -0.39 is 23.9 Å². The Morgan fingerprint density at radius 1 is 0.909 bits per heavy atom. The van der Waals surface area contributed by atoms with Gasteiger partial charge in [-0.1, -0.05) is 68.3 Å². The highest BCUT2D eigenvalue weighted by atomic mass is 32.1. The molecule has 0 aliphatic rings. The van der Waals surface area contributed by atoms with Gasteiger partial charge in [0.25, 0.3) is 0 Å². The average Bonchev–Trinajstić information content (AvgIpc) is 3.22. The summed E-state index contributed by atoms with van der Waals surface area (Å²) >= 11 is 1.61. The number of unbranched alkanes of at least 4 members (excludes halogenated alkanes) is 2. The Morgan fingerprint density at radius 3 is 2.36 bits per heavy atom. The maximum Gasteiger partial charge on any atom is 0.243 e. The fraction of sp³-hybridized carbons (Fsp3) is 0.346. The minimum Gasteiger partial charge on any atom is -0.368 e. The summed E-state index contributed by atoms with van der Waals surface area (Å²) in [6.07, 6.45) is 3.74. The number of nitrogens with two attached hydrogens (primary N) is 1. The summed E-state index contributed by atoms with van der Waals surface area (Å²) in [6, 6.07) is 15.7. The molecule has 0 fully saturated rings. The predicted molar refractivity (Wildman–Crippen MR) is 133 cm³/mol. The molecule has 4 N–H and O–H groups in total. The number of carbonyl (C=O) groups is 3. The lowest BCUT2D eigenvalue weighted by Gasteiger charge is -2.22. The van der Waals surface area contributed by atoms with Crippen molar-refractivity contribution in [3.05, 3.63) is 71.1 Å². The zero-order chi connectivity index (χ0) is 23.6. The molecule has 3 rings (SSSR count). The van der Waals surface area contributed by atoms with Gasteiger partial charge in [0.1, 0.15) is 12.1 Å². The molecule has 33 heavy (non-hydrogen) atoms. The minimum absolute atomic E-state index is 0.165. The molecule has 7 heteroatoms. The van der Waals surface area contributed by atoms with Crippen LogP contribution in [0, 0.1) is 0 Å². The fourth-order valence-electron chi connectivity index (χ4n) is 3.77. The smallest absolute Gasteiger partial charge is 0.243 e. The summed E-state index contributed by atoms with van der Waals surface area (Å²) in [6.45, 7) is 2.08. The number of rotatable bonds is 12. The van der Waals surface area contributed by atoms with E-state index in [1.165, 1.54) is 0 Å². The Labute approximate surface area is 198 Å². The van der Waals surface area contributed by atoms with Gasteiger partial charge in [-0.05, 0) is 34.4 Å². The van der Waals surface area contributed by atoms with Crippen molar-refractivity contribution in [2.75, 3.05) is 0 Å². The molecular weight excluding hydrogens is 434 g/mol. The molecule has 1 heterocycles. The van der Waals surface area contributed by atoms with Crippen molar-refractivity contribution in [1.29, 1.82) is 0 Å². The van der Waals surface area contributed by atoms with Gasteiger partial charge in [0.15, 0.2) is 0 Å². The second-order valence-corrected chi connectivity index (χ2v) is 9.10. The lowest BCUT2D eigenvalue weighted by atomic mass is 10.0. The van der Waals surface area contributed by atoms with Gasteiger partial charge in [-0.2, -0.15) is 0 Å². The van der Waals surface area contributed by atoms with Crippen LogP contribution in [0.2, 0.25) is 0 Å². The molecule has 2 atom stereocenters. The van der Waals surface area contributed by atoms with Gasteiger partial charge in [0, 0.05) is 24.0 Å². The molecule has 0 spiro atoms. The lowest BCUT2D eigenvalue weighted by molar-refractivity contribution is -0.131. The molecule has 0 aliphatic heterocycles. The molecule has 0 aliphatic carbocycles. The van der Waals surface area contributed by atoms with E-state index in [2.05, 4.69) is 17.6 Å². The van der Waals surface area contributed by atoms with Crippen LogP contribution in [0.4, 0.5) is 0 Å². The number of fused-ring (bicyclic) bond motifs is 1. The molecule has 0 saturated heterocycles. The van der Waals surface area contributed by atoms with Crippen molar-refractivity contribution in [3.8, 4) is 0 Å². The topological polar surface area (TPSA) is 101 Å². The molecule has 3 amide bonds. The molecule has 0 saturated carbocycles. The average molecular weight is 466 g/mol. The first-order valence-electron chi connectivity index (χ1n) is 11.4. The summed E-state index contributed by atoms with van der Waals surface area (Å²) in [7, 11) is 0. The highest BCUT2D eigenvalue weighted by molar-refractivity contribution is 7.17. The van der Waals surface area contributed by atoms with Crippen molar-refractivity contribution in [1.82, 2.24) is 10.6 Å². The van der Waals surface area contributed by atoms with E-state index in [4.69, 9.17) is 5.73 Å². The maximum atomic E-state index is 13.2. The van der Waals surface area contributed by atoms with Crippen molar-refractivity contribution < 1.29 is 14.4 Å². The number of hydrogen-bond donors (Lipinski definition) is 3. The highest BCUT2D eigenvalue weighted by Gasteiger charge is 2.27. The number of benzene rings is 2. The molecule has 2 aromatic carbocycles. The van der Waals surface area contributed by atoms with E-state index in [-0.39, 0.29) is 5.91 Å². The third-order valence-electron chi connectivity index (χ3n) is 5.59. The SMILES string of the molecule is CCCCCC(=O)N[C@@H](Cc1csc2ccccc12)C(=O)N[C@H](Cc1ccccc1)C(N)=O. The predicted octanol–water partition coefficient (Wildman–Crippen LogP) is 3.72. The monoisotopic (exact) mass is 465 g/mol. The van der Waals surface area contributed by atoms with Gasteiger partial charge in [0.05, 0.1) is 0 Å². The summed E-state index contributed by atoms with van der Waals surface area (Å²) < 4.78 is 1.13. The van der Waals surface area contributed by atoms with Crippen molar-refractivity contribution in [3.63, 3.8) is 0 Å². The Balaban J connectivity index is 1.76. The number of thiophene rings is 1. The number of carbonyl (C=O) groups excluding carboxylic acids is 3. The molecule has 0 bridgehead atoms. The Kier molecular flexibility index (Phi) is 9.01. The van der Waals surface area contributed by atoms with Crippen molar-refractivity contribution in [2.45, 2.75) is 57.5 Å².